The van der Waals surface area contributed by atoms with Gasteiger partial charge in [0.05, 0.1) is 18.3 Å². The summed E-state index contributed by atoms with van der Waals surface area (Å²) >= 11 is 0. The minimum Gasteiger partial charge on any atom is -0.391 e. The predicted octanol–water partition coefficient (Wildman–Crippen LogP) is 1.65. The molecule has 2 aliphatic rings. The van der Waals surface area contributed by atoms with E-state index >= 15 is 0 Å². The molecule has 1 atom stereocenters. The fourth-order valence-corrected chi connectivity index (χ4v) is 3.60. The second kappa shape index (κ2) is 6.76. The first-order chi connectivity index (χ1) is 11.8. The second-order valence-corrected chi connectivity index (χ2v) is 6.67. The molecule has 1 saturated heterocycles. The molecule has 3 heterocycles. The van der Waals surface area contributed by atoms with E-state index < -0.39 is 0 Å². The molecule has 0 bridgehead atoms. The van der Waals surface area contributed by atoms with Crippen LogP contribution in [-0.2, 0) is 19.4 Å². The molecule has 7 nitrogen and oxygen atoms in total. The Bertz CT molecular complexity index is 700. The zero-order valence-corrected chi connectivity index (χ0v) is 13.8. The van der Waals surface area contributed by atoms with Gasteiger partial charge in [-0.3, -0.25) is 5.10 Å². The van der Waals surface area contributed by atoms with E-state index in [0.717, 1.165) is 37.3 Å². The molecule has 1 fully saturated rings. The number of fused-ring (bicyclic) bond motifs is 1. The summed E-state index contributed by atoms with van der Waals surface area (Å²) in [7, 11) is 0. The molecule has 128 valence electrons. The Hall–Kier alpha value is -2.15. The zero-order chi connectivity index (χ0) is 16.4. The maximum Gasteiger partial charge on any atom is 0.224 e. The molecule has 4 rings (SSSR count). The van der Waals surface area contributed by atoms with E-state index in [4.69, 9.17) is 0 Å². The predicted molar refractivity (Wildman–Crippen MR) is 92.0 cm³/mol. The van der Waals surface area contributed by atoms with Crippen LogP contribution in [0.2, 0.25) is 0 Å². The number of nitrogens with zero attached hydrogens (tertiary/aromatic N) is 4. The maximum absolute atomic E-state index is 9.68. The molecule has 2 aromatic heterocycles. The number of anilines is 2. The quantitative estimate of drug-likeness (QED) is 0.740. The number of β-amino-alcohol motifs (C(OH)–C–C–N with tert-alkyl or cyclic N) is 1. The van der Waals surface area contributed by atoms with Gasteiger partial charge in [-0.05, 0) is 43.7 Å². The van der Waals surface area contributed by atoms with Crippen molar-refractivity contribution in [2.45, 2.75) is 51.2 Å². The van der Waals surface area contributed by atoms with E-state index in [-0.39, 0.29) is 6.10 Å². The van der Waals surface area contributed by atoms with Crippen LogP contribution in [0.1, 0.15) is 42.6 Å². The summed E-state index contributed by atoms with van der Waals surface area (Å²) in [5, 5.41) is 20.7. The number of hydrogen-bond donors (Lipinski definition) is 3. The number of aryl methyl sites for hydroxylation is 1. The van der Waals surface area contributed by atoms with E-state index in [0.29, 0.717) is 19.0 Å². The summed E-state index contributed by atoms with van der Waals surface area (Å²) < 4.78 is 0. The van der Waals surface area contributed by atoms with Gasteiger partial charge in [-0.1, -0.05) is 6.42 Å². The highest BCUT2D eigenvalue weighted by Crippen LogP contribution is 2.23. The number of aromatic amines is 1. The summed E-state index contributed by atoms with van der Waals surface area (Å²) in [6.45, 7) is 2.12. The average Bonchev–Trinajstić information content (AvgIpc) is 3.13. The normalized spacial score (nSPS) is 20.7. The first kappa shape index (κ1) is 15.4. The Balaban J connectivity index is 1.44. The van der Waals surface area contributed by atoms with Crippen molar-refractivity contribution in [3.8, 4) is 0 Å². The van der Waals surface area contributed by atoms with Gasteiger partial charge >= 0.3 is 0 Å². The van der Waals surface area contributed by atoms with Crippen molar-refractivity contribution in [2.75, 3.05) is 23.3 Å². The topological polar surface area (TPSA) is 90.0 Å². The van der Waals surface area contributed by atoms with Gasteiger partial charge in [0.1, 0.15) is 5.82 Å². The van der Waals surface area contributed by atoms with Crippen molar-refractivity contribution in [2.24, 2.45) is 0 Å². The van der Waals surface area contributed by atoms with E-state index in [9.17, 15) is 5.11 Å². The molecule has 0 radical (unpaired) electrons. The Morgan fingerprint density at radius 3 is 3.08 bits per heavy atom. The third kappa shape index (κ3) is 3.21. The number of aliphatic hydroxyl groups excluding tert-OH is 1. The van der Waals surface area contributed by atoms with E-state index in [1.807, 2.05) is 6.07 Å². The maximum atomic E-state index is 9.68. The second-order valence-electron chi connectivity index (χ2n) is 6.67. The van der Waals surface area contributed by atoms with Crippen molar-refractivity contribution < 1.29 is 5.11 Å². The van der Waals surface area contributed by atoms with Crippen molar-refractivity contribution >= 4 is 11.8 Å². The minimum atomic E-state index is -0.254. The smallest absolute Gasteiger partial charge is 0.224 e. The van der Waals surface area contributed by atoms with Crippen LogP contribution in [0.5, 0.6) is 0 Å². The number of hydrogen-bond acceptors (Lipinski definition) is 6. The fraction of sp³-hybridized carbons (Fsp3) is 0.588. The molecule has 3 N–H and O–H groups in total. The molecule has 0 spiro atoms. The molecule has 0 amide bonds. The lowest BCUT2D eigenvalue weighted by Crippen LogP contribution is -2.22. The molecule has 2 aromatic rings. The van der Waals surface area contributed by atoms with Gasteiger partial charge in [0, 0.05) is 25.0 Å². The fourth-order valence-electron chi connectivity index (χ4n) is 3.60. The Morgan fingerprint density at radius 1 is 1.29 bits per heavy atom. The van der Waals surface area contributed by atoms with Crippen molar-refractivity contribution in [3.05, 3.63) is 29.2 Å². The van der Waals surface area contributed by atoms with Crippen LogP contribution in [0.15, 0.2) is 12.3 Å². The molecule has 1 aliphatic heterocycles. The Morgan fingerprint density at radius 2 is 2.21 bits per heavy atom. The van der Waals surface area contributed by atoms with Crippen molar-refractivity contribution in [3.63, 3.8) is 0 Å². The standard InChI is InChI=1S/C17H24N6O/c24-12-7-9-23(11-12)16-6-8-18-17(20-16)19-10-15-13-4-2-1-3-5-14(13)21-22-15/h6,8,12,24H,1-5,7,9-11H2,(H,21,22)(H,18,19,20). The highest BCUT2D eigenvalue weighted by atomic mass is 16.3. The summed E-state index contributed by atoms with van der Waals surface area (Å²) in [6.07, 6.45) is 8.30. The van der Waals surface area contributed by atoms with Crippen LogP contribution in [0.4, 0.5) is 11.8 Å². The van der Waals surface area contributed by atoms with Gasteiger partial charge in [0.2, 0.25) is 5.95 Å². The van der Waals surface area contributed by atoms with Gasteiger partial charge < -0.3 is 15.3 Å². The summed E-state index contributed by atoms with van der Waals surface area (Å²) in [5.74, 6) is 1.48. The molecule has 0 aromatic carbocycles. The van der Waals surface area contributed by atoms with E-state index in [2.05, 4.69) is 30.4 Å². The number of nitrogens with one attached hydrogen (secondary N) is 2. The SMILES string of the molecule is OC1CCN(c2ccnc(NCc3n[nH]c4c3CCCCC4)n2)C1. The number of aliphatic hydroxyl groups is 1. The lowest BCUT2D eigenvalue weighted by Gasteiger charge is -2.17. The molecule has 24 heavy (non-hydrogen) atoms. The Kier molecular flexibility index (Phi) is 4.34. The van der Waals surface area contributed by atoms with Gasteiger partial charge in [-0.2, -0.15) is 10.1 Å². The monoisotopic (exact) mass is 328 g/mol. The third-order valence-electron chi connectivity index (χ3n) is 4.93. The van der Waals surface area contributed by atoms with Gasteiger partial charge in [-0.25, -0.2) is 4.98 Å². The lowest BCUT2D eigenvalue weighted by molar-refractivity contribution is 0.198. The molecular weight excluding hydrogens is 304 g/mol. The minimum absolute atomic E-state index is 0.254. The van der Waals surface area contributed by atoms with Crippen LogP contribution in [0.3, 0.4) is 0 Å². The van der Waals surface area contributed by atoms with Crippen LogP contribution in [-0.4, -0.2) is 44.5 Å². The summed E-state index contributed by atoms with van der Waals surface area (Å²) in [6, 6.07) is 1.89. The largest absolute Gasteiger partial charge is 0.391 e. The average molecular weight is 328 g/mol. The van der Waals surface area contributed by atoms with Crippen LogP contribution in [0.25, 0.3) is 0 Å². The summed E-state index contributed by atoms with van der Waals surface area (Å²) in [5.41, 5.74) is 3.75. The molecule has 0 saturated carbocycles. The van der Waals surface area contributed by atoms with Gasteiger partial charge in [-0.15, -0.1) is 0 Å². The van der Waals surface area contributed by atoms with Crippen molar-refractivity contribution in [1.82, 2.24) is 20.2 Å². The zero-order valence-electron chi connectivity index (χ0n) is 13.8. The van der Waals surface area contributed by atoms with Gasteiger partial charge in [0.15, 0.2) is 0 Å². The Labute approximate surface area is 141 Å². The van der Waals surface area contributed by atoms with Crippen LogP contribution >= 0.6 is 0 Å². The first-order valence-corrected chi connectivity index (χ1v) is 8.84. The number of H-pyrrole nitrogens is 1. The summed E-state index contributed by atoms with van der Waals surface area (Å²) in [4.78, 5) is 11.0. The molecular formula is C17H24N6O. The molecule has 7 heteroatoms. The lowest BCUT2D eigenvalue weighted by atomic mass is 10.1. The first-order valence-electron chi connectivity index (χ1n) is 8.84. The van der Waals surface area contributed by atoms with Crippen molar-refractivity contribution in [1.29, 1.82) is 0 Å². The van der Waals surface area contributed by atoms with Crippen LogP contribution < -0.4 is 10.2 Å². The highest BCUT2D eigenvalue weighted by Gasteiger charge is 2.21. The van der Waals surface area contributed by atoms with Gasteiger partial charge in [0.25, 0.3) is 0 Å². The molecule has 1 unspecified atom stereocenters. The highest BCUT2D eigenvalue weighted by molar-refractivity contribution is 5.44. The molecule has 1 aliphatic carbocycles. The van der Waals surface area contributed by atoms with E-state index in [1.54, 1.807) is 6.20 Å². The number of rotatable bonds is 4. The van der Waals surface area contributed by atoms with Crippen LogP contribution in [0, 0.1) is 0 Å². The van der Waals surface area contributed by atoms with E-state index in [1.165, 1.54) is 30.5 Å². The third-order valence-corrected chi connectivity index (χ3v) is 4.93. The number of aromatic nitrogens is 4.